The Balaban J connectivity index is 1.54. The van der Waals surface area contributed by atoms with Crippen molar-refractivity contribution < 1.29 is 45.5 Å². The largest absolute Gasteiger partial charge is 0.417 e. The van der Waals surface area contributed by atoms with E-state index in [-0.39, 0.29) is 42.3 Å². The number of hydrogen-bond donors (Lipinski definition) is 2. The molecule has 4 amide bonds. The van der Waals surface area contributed by atoms with Crippen LogP contribution in [0.25, 0.3) is 0 Å². The normalized spacial score (nSPS) is 19.1. The van der Waals surface area contributed by atoms with Gasteiger partial charge in [0, 0.05) is 30.3 Å². The van der Waals surface area contributed by atoms with Crippen LogP contribution in [0.2, 0.25) is 0 Å². The molecule has 1 aromatic carbocycles. The van der Waals surface area contributed by atoms with Crippen LogP contribution in [0, 0.1) is 0 Å². The maximum absolute atomic E-state index is 13.6. The maximum Gasteiger partial charge on any atom is 0.417 e. The highest BCUT2D eigenvalue weighted by Crippen LogP contribution is 2.34. The highest BCUT2D eigenvalue weighted by Gasteiger charge is 2.44. The summed E-state index contributed by atoms with van der Waals surface area (Å²) < 4.78 is 79.0. The van der Waals surface area contributed by atoms with Crippen LogP contribution in [-0.2, 0) is 22.3 Å². The van der Waals surface area contributed by atoms with Crippen LogP contribution < -0.4 is 10.6 Å². The molecule has 14 heteroatoms. The number of piperidine rings is 1. The second kappa shape index (κ2) is 8.91. The Hall–Kier alpha value is -3.97. The molecule has 2 aliphatic rings. The molecule has 0 radical (unpaired) electrons. The van der Waals surface area contributed by atoms with Gasteiger partial charge in [0.15, 0.2) is 6.04 Å². The van der Waals surface area contributed by atoms with Crippen molar-refractivity contribution >= 4 is 23.6 Å². The number of nitrogens with one attached hydrogen (secondary N) is 2. The number of carbonyl (C=O) groups is 4. The third-order valence-corrected chi connectivity index (χ3v) is 5.80. The number of alkyl halides is 6. The molecule has 1 saturated heterocycles. The second-order valence-electron chi connectivity index (χ2n) is 8.19. The quantitative estimate of drug-likeness (QED) is 0.482. The van der Waals surface area contributed by atoms with Gasteiger partial charge in [0.2, 0.25) is 11.8 Å². The standard InChI is InChI=1S/C22H16F6N4O4/c23-21(24,25)12-2-4-14(29-8-12)17(22(26,27)28)31-18(34)10-1-3-13-11(7-10)9-32(20(13)36)15-5-6-16(33)30-19(15)35/h1-4,7-8,15,17H,5-6,9H2,(H,31,34)(H,30,33,35). The van der Waals surface area contributed by atoms with Crippen molar-refractivity contribution in [1.82, 2.24) is 20.5 Å². The van der Waals surface area contributed by atoms with Gasteiger partial charge in [-0.3, -0.25) is 29.5 Å². The van der Waals surface area contributed by atoms with E-state index in [1.807, 2.05) is 0 Å². The summed E-state index contributed by atoms with van der Waals surface area (Å²) in [6, 6.07) is 0.896. The first-order chi connectivity index (χ1) is 16.8. The monoisotopic (exact) mass is 514 g/mol. The molecule has 3 heterocycles. The lowest BCUT2D eigenvalue weighted by Gasteiger charge is -2.29. The van der Waals surface area contributed by atoms with Crippen LogP contribution in [0.1, 0.15) is 56.4 Å². The molecule has 2 aliphatic heterocycles. The molecule has 0 aliphatic carbocycles. The summed E-state index contributed by atoms with van der Waals surface area (Å²) in [5.74, 6) is -2.86. The molecule has 190 valence electrons. The summed E-state index contributed by atoms with van der Waals surface area (Å²) >= 11 is 0. The summed E-state index contributed by atoms with van der Waals surface area (Å²) in [7, 11) is 0. The molecular formula is C22H16F6N4O4. The number of hydrogen-bond acceptors (Lipinski definition) is 5. The van der Waals surface area contributed by atoms with Gasteiger partial charge < -0.3 is 10.2 Å². The first-order valence-electron chi connectivity index (χ1n) is 10.4. The third-order valence-electron chi connectivity index (χ3n) is 5.80. The molecule has 2 N–H and O–H groups in total. The van der Waals surface area contributed by atoms with Crippen LogP contribution >= 0.6 is 0 Å². The van der Waals surface area contributed by atoms with E-state index in [0.717, 1.165) is 6.07 Å². The van der Waals surface area contributed by atoms with Gasteiger partial charge in [0.05, 0.1) is 11.3 Å². The van der Waals surface area contributed by atoms with E-state index in [4.69, 9.17) is 0 Å². The van der Waals surface area contributed by atoms with E-state index in [1.54, 1.807) is 5.32 Å². The van der Waals surface area contributed by atoms with Gasteiger partial charge in [-0.15, -0.1) is 0 Å². The van der Waals surface area contributed by atoms with E-state index in [0.29, 0.717) is 12.1 Å². The van der Waals surface area contributed by atoms with Crippen molar-refractivity contribution in [2.75, 3.05) is 0 Å². The van der Waals surface area contributed by atoms with Crippen molar-refractivity contribution in [2.24, 2.45) is 0 Å². The number of rotatable bonds is 4. The predicted molar refractivity (Wildman–Crippen MR) is 108 cm³/mol. The number of nitrogens with zero attached hydrogens (tertiary/aromatic N) is 2. The molecule has 4 rings (SSSR count). The van der Waals surface area contributed by atoms with Gasteiger partial charge in [0.1, 0.15) is 6.04 Å². The third kappa shape index (κ3) is 4.88. The maximum atomic E-state index is 13.6. The fraction of sp³-hybridized carbons (Fsp3) is 0.318. The van der Waals surface area contributed by atoms with E-state index in [9.17, 15) is 45.5 Å². The number of halogens is 6. The predicted octanol–water partition coefficient (Wildman–Crippen LogP) is 2.89. The zero-order valence-corrected chi connectivity index (χ0v) is 18.0. The number of aromatic nitrogens is 1. The number of benzene rings is 1. The van der Waals surface area contributed by atoms with Gasteiger partial charge in [-0.25, -0.2) is 0 Å². The molecule has 2 aromatic rings. The molecule has 2 unspecified atom stereocenters. The van der Waals surface area contributed by atoms with Crippen LogP contribution in [0.4, 0.5) is 26.3 Å². The highest BCUT2D eigenvalue weighted by molar-refractivity contribution is 6.06. The van der Waals surface area contributed by atoms with Gasteiger partial charge in [-0.1, -0.05) is 0 Å². The van der Waals surface area contributed by atoms with E-state index in [2.05, 4.69) is 10.3 Å². The Morgan fingerprint density at radius 1 is 1.08 bits per heavy atom. The van der Waals surface area contributed by atoms with Crippen LogP contribution in [0.15, 0.2) is 36.5 Å². The van der Waals surface area contributed by atoms with Crippen LogP contribution in [0.3, 0.4) is 0 Å². The van der Waals surface area contributed by atoms with Crippen molar-refractivity contribution in [3.63, 3.8) is 0 Å². The highest BCUT2D eigenvalue weighted by atomic mass is 19.4. The Bertz CT molecular complexity index is 1240. The number of carbonyl (C=O) groups excluding carboxylic acids is 4. The summed E-state index contributed by atoms with van der Waals surface area (Å²) in [5, 5.41) is 3.86. The lowest BCUT2D eigenvalue weighted by Crippen LogP contribution is -2.52. The fourth-order valence-corrected chi connectivity index (χ4v) is 4.00. The molecular weight excluding hydrogens is 498 g/mol. The van der Waals surface area contributed by atoms with Crippen LogP contribution in [-0.4, -0.2) is 45.7 Å². The van der Waals surface area contributed by atoms with Crippen molar-refractivity contribution in [3.8, 4) is 0 Å². The zero-order chi connectivity index (χ0) is 26.4. The Kier molecular flexibility index (Phi) is 6.22. The van der Waals surface area contributed by atoms with Crippen LogP contribution in [0.5, 0.6) is 0 Å². The van der Waals surface area contributed by atoms with Gasteiger partial charge in [0.25, 0.3) is 11.8 Å². The number of pyridine rings is 1. The average Bonchev–Trinajstić information content (AvgIpc) is 3.11. The minimum absolute atomic E-state index is 0.0288. The van der Waals surface area contributed by atoms with E-state index in [1.165, 1.54) is 17.0 Å². The molecule has 0 spiro atoms. The Morgan fingerprint density at radius 2 is 1.81 bits per heavy atom. The number of amides is 4. The van der Waals surface area contributed by atoms with E-state index < -0.39 is 59.3 Å². The topological polar surface area (TPSA) is 108 Å². The Labute approximate surface area is 198 Å². The first kappa shape index (κ1) is 25.1. The lowest BCUT2D eigenvalue weighted by atomic mass is 10.0. The van der Waals surface area contributed by atoms with Gasteiger partial charge in [-0.2, -0.15) is 26.3 Å². The minimum Gasteiger partial charge on any atom is -0.335 e. The summed E-state index contributed by atoms with van der Waals surface area (Å²) in [6.07, 6.45) is -9.50. The van der Waals surface area contributed by atoms with Gasteiger partial charge >= 0.3 is 12.4 Å². The van der Waals surface area contributed by atoms with E-state index >= 15 is 0 Å². The SMILES string of the molecule is O=C1CCC(N2Cc3cc(C(=O)NC(c4ccc(C(F)(F)F)cn4)C(F)(F)F)ccc3C2=O)C(=O)N1. The van der Waals surface area contributed by atoms with Gasteiger partial charge in [-0.05, 0) is 42.3 Å². The first-order valence-corrected chi connectivity index (χ1v) is 10.4. The minimum atomic E-state index is -5.07. The molecule has 1 aromatic heterocycles. The Morgan fingerprint density at radius 3 is 2.39 bits per heavy atom. The molecule has 2 atom stereocenters. The molecule has 36 heavy (non-hydrogen) atoms. The average molecular weight is 514 g/mol. The molecule has 8 nitrogen and oxygen atoms in total. The smallest absolute Gasteiger partial charge is 0.335 e. The molecule has 0 saturated carbocycles. The molecule has 0 bridgehead atoms. The number of imide groups is 1. The fourth-order valence-electron chi connectivity index (χ4n) is 4.00. The van der Waals surface area contributed by atoms with Crippen molar-refractivity contribution in [1.29, 1.82) is 0 Å². The lowest BCUT2D eigenvalue weighted by molar-refractivity contribution is -0.156. The zero-order valence-electron chi connectivity index (χ0n) is 18.0. The summed E-state index contributed by atoms with van der Waals surface area (Å²) in [5.41, 5.74) is -1.90. The van der Waals surface area contributed by atoms with Crippen molar-refractivity contribution in [3.05, 3.63) is 64.5 Å². The number of fused-ring (bicyclic) bond motifs is 1. The summed E-state index contributed by atoms with van der Waals surface area (Å²) in [4.78, 5) is 53.3. The second-order valence-corrected chi connectivity index (χ2v) is 8.19. The summed E-state index contributed by atoms with van der Waals surface area (Å²) in [6.45, 7) is -0.106. The molecule has 1 fully saturated rings. The van der Waals surface area contributed by atoms with Crippen molar-refractivity contribution in [2.45, 2.75) is 43.8 Å².